The molecule has 0 atom stereocenters. The highest BCUT2D eigenvalue weighted by Gasteiger charge is 2.27. The van der Waals surface area contributed by atoms with Gasteiger partial charge in [-0.25, -0.2) is 13.2 Å². The molecule has 0 N–H and O–H groups in total. The van der Waals surface area contributed by atoms with E-state index in [4.69, 9.17) is 10.5 Å². The van der Waals surface area contributed by atoms with Gasteiger partial charge in [-0.05, 0) is 12.1 Å². The third-order valence-electron chi connectivity index (χ3n) is 3.00. The Morgan fingerprint density at radius 1 is 0.857 bits per heavy atom. The van der Waals surface area contributed by atoms with Crippen molar-refractivity contribution in [3.8, 4) is 12.1 Å². The molecule has 104 valence electrons. The number of nitriles is 2. The molecule has 0 aliphatic heterocycles. The van der Waals surface area contributed by atoms with Gasteiger partial charge in [-0.3, -0.25) is 0 Å². The minimum atomic E-state index is -1.53. The zero-order valence-electron chi connectivity index (χ0n) is 10.9. The maximum atomic E-state index is 14.3. The van der Waals surface area contributed by atoms with Gasteiger partial charge in [-0.1, -0.05) is 18.2 Å². The van der Waals surface area contributed by atoms with Gasteiger partial charge in [0.25, 0.3) is 0 Å². The highest BCUT2D eigenvalue weighted by molar-refractivity contribution is 5.68. The van der Waals surface area contributed by atoms with Crippen LogP contribution in [0.5, 0.6) is 0 Å². The fourth-order valence-electron chi connectivity index (χ4n) is 1.93. The fraction of sp³-hybridized carbons (Fsp3) is 0.0667. The van der Waals surface area contributed by atoms with Crippen molar-refractivity contribution in [3.05, 3.63) is 58.9 Å². The topological polar surface area (TPSA) is 50.8 Å². The molecule has 0 aliphatic rings. The zero-order chi connectivity index (χ0) is 15.6. The van der Waals surface area contributed by atoms with Crippen molar-refractivity contribution < 1.29 is 13.2 Å². The van der Waals surface area contributed by atoms with Crippen molar-refractivity contribution in [2.75, 3.05) is 11.9 Å². The Bertz CT molecular complexity index is 774. The van der Waals surface area contributed by atoms with Crippen LogP contribution >= 0.6 is 0 Å². The molecule has 2 aromatic rings. The van der Waals surface area contributed by atoms with Crippen LogP contribution in [0.25, 0.3) is 0 Å². The summed E-state index contributed by atoms with van der Waals surface area (Å²) in [6, 6.07) is 10.8. The molecular formula is C15H8F3N3. The van der Waals surface area contributed by atoms with E-state index < -0.39 is 34.3 Å². The van der Waals surface area contributed by atoms with Crippen LogP contribution in [0.2, 0.25) is 0 Å². The van der Waals surface area contributed by atoms with E-state index in [0.717, 1.165) is 4.90 Å². The predicted octanol–water partition coefficient (Wildman–Crippen LogP) is 3.62. The Kier molecular flexibility index (Phi) is 3.82. The molecule has 0 spiro atoms. The SMILES string of the molecule is CN(c1ccccc1)c1c(F)c(F)c(C#N)c(C#N)c1F. The summed E-state index contributed by atoms with van der Waals surface area (Å²) in [4.78, 5) is 1.08. The molecule has 0 heterocycles. The molecule has 0 saturated carbocycles. The first-order valence-corrected chi connectivity index (χ1v) is 5.82. The summed E-state index contributed by atoms with van der Waals surface area (Å²) < 4.78 is 42.1. The molecule has 0 saturated heterocycles. The average molecular weight is 287 g/mol. The van der Waals surface area contributed by atoms with Crippen molar-refractivity contribution in [1.82, 2.24) is 0 Å². The first-order valence-electron chi connectivity index (χ1n) is 5.82. The van der Waals surface area contributed by atoms with E-state index >= 15 is 0 Å². The van der Waals surface area contributed by atoms with Crippen LogP contribution in [0.3, 0.4) is 0 Å². The standard InChI is InChI=1S/C15H8F3N3/c1-21(9-5-3-2-4-6-9)15-13(17)11(8-20)10(7-19)12(16)14(15)18/h2-6H,1H3. The van der Waals surface area contributed by atoms with Gasteiger partial charge in [0.15, 0.2) is 17.5 Å². The lowest BCUT2D eigenvalue weighted by Crippen LogP contribution is -2.16. The second kappa shape index (κ2) is 5.56. The van der Waals surface area contributed by atoms with E-state index in [-0.39, 0.29) is 0 Å². The molecule has 0 unspecified atom stereocenters. The molecule has 0 aliphatic carbocycles. The normalized spacial score (nSPS) is 9.81. The number of benzene rings is 2. The number of rotatable bonds is 2. The second-order valence-electron chi connectivity index (χ2n) is 4.16. The summed E-state index contributed by atoms with van der Waals surface area (Å²) in [5.74, 6) is -4.30. The van der Waals surface area contributed by atoms with E-state index in [2.05, 4.69) is 0 Å². The Labute approximate surface area is 119 Å². The summed E-state index contributed by atoms with van der Waals surface area (Å²) >= 11 is 0. The molecule has 0 bridgehead atoms. The number of anilines is 2. The Morgan fingerprint density at radius 3 is 1.90 bits per heavy atom. The van der Waals surface area contributed by atoms with Crippen LogP contribution in [0.1, 0.15) is 11.1 Å². The molecular weight excluding hydrogens is 279 g/mol. The van der Waals surface area contributed by atoms with Crippen molar-refractivity contribution in [2.24, 2.45) is 0 Å². The van der Waals surface area contributed by atoms with Crippen LogP contribution in [0.4, 0.5) is 24.5 Å². The van der Waals surface area contributed by atoms with Gasteiger partial charge >= 0.3 is 0 Å². The molecule has 0 aromatic heterocycles. The number of para-hydroxylation sites is 1. The summed E-state index contributed by atoms with van der Waals surface area (Å²) in [5.41, 5.74) is -2.05. The van der Waals surface area contributed by atoms with Gasteiger partial charge in [0.2, 0.25) is 0 Å². The summed E-state index contributed by atoms with van der Waals surface area (Å²) in [6.07, 6.45) is 0. The average Bonchev–Trinajstić information content (AvgIpc) is 2.51. The molecule has 6 heteroatoms. The highest BCUT2D eigenvalue weighted by atomic mass is 19.2. The van der Waals surface area contributed by atoms with Crippen molar-refractivity contribution in [3.63, 3.8) is 0 Å². The molecule has 0 radical (unpaired) electrons. The van der Waals surface area contributed by atoms with Crippen molar-refractivity contribution in [1.29, 1.82) is 10.5 Å². The van der Waals surface area contributed by atoms with Crippen LogP contribution in [0.15, 0.2) is 30.3 Å². The number of hydrogen-bond donors (Lipinski definition) is 0. The van der Waals surface area contributed by atoms with Crippen molar-refractivity contribution in [2.45, 2.75) is 0 Å². The highest BCUT2D eigenvalue weighted by Crippen LogP contribution is 2.34. The molecule has 2 rings (SSSR count). The Hall–Kier alpha value is -2.99. The van der Waals surface area contributed by atoms with Crippen LogP contribution in [-0.2, 0) is 0 Å². The molecule has 0 amide bonds. The monoisotopic (exact) mass is 287 g/mol. The third kappa shape index (κ3) is 2.28. The molecule has 3 nitrogen and oxygen atoms in total. The fourth-order valence-corrected chi connectivity index (χ4v) is 1.93. The van der Waals surface area contributed by atoms with E-state index in [9.17, 15) is 13.2 Å². The second-order valence-corrected chi connectivity index (χ2v) is 4.16. The summed E-state index contributed by atoms with van der Waals surface area (Å²) in [5, 5.41) is 17.6. The van der Waals surface area contributed by atoms with Gasteiger partial charge in [0, 0.05) is 12.7 Å². The maximum absolute atomic E-state index is 14.3. The lowest BCUT2D eigenvalue weighted by molar-refractivity contribution is 0.493. The maximum Gasteiger partial charge on any atom is 0.186 e. The number of halogens is 3. The van der Waals surface area contributed by atoms with Gasteiger partial charge in [-0.15, -0.1) is 0 Å². The summed E-state index contributed by atoms with van der Waals surface area (Å²) in [6.45, 7) is 0. The third-order valence-corrected chi connectivity index (χ3v) is 3.00. The quantitative estimate of drug-likeness (QED) is 0.793. The predicted molar refractivity (Wildman–Crippen MR) is 70.3 cm³/mol. The van der Waals surface area contributed by atoms with E-state index in [1.165, 1.54) is 19.2 Å². The Balaban J connectivity index is 2.75. The van der Waals surface area contributed by atoms with Crippen molar-refractivity contribution >= 4 is 11.4 Å². The largest absolute Gasteiger partial charge is 0.340 e. The zero-order valence-corrected chi connectivity index (χ0v) is 10.9. The lowest BCUT2D eigenvalue weighted by atomic mass is 10.1. The number of nitrogens with zero attached hydrogens (tertiary/aromatic N) is 3. The minimum absolute atomic E-state index is 0.406. The van der Waals surface area contributed by atoms with E-state index in [0.29, 0.717) is 5.69 Å². The molecule has 2 aromatic carbocycles. The van der Waals surface area contributed by atoms with Crippen LogP contribution < -0.4 is 4.90 Å². The number of hydrogen-bond acceptors (Lipinski definition) is 3. The van der Waals surface area contributed by atoms with Gasteiger partial charge in [-0.2, -0.15) is 10.5 Å². The first kappa shape index (κ1) is 14.4. The van der Waals surface area contributed by atoms with Gasteiger partial charge in [0.1, 0.15) is 29.0 Å². The van der Waals surface area contributed by atoms with E-state index in [1.54, 1.807) is 30.3 Å². The van der Waals surface area contributed by atoms with Gasteiger partial charge in [0.05, 0.1) is 0 Å². The first-order chi connectivity index (χ1) is 10.0. The smallest absolute Gasteiger partial charge is 0.186 e. The lowest BCUT2D eigenvalue weighted by Gasteiger charge is -2.21. The van der Waals surface area contributed by atoms with Crippen LogP contribution in [0, 0.1) is 40.1 Å². The molecule has 0 fully saturated rings. The Morgan fingerprint density at radius 2 is 1.38 bits per heavy atom. The summed E-state index contributed by atoms with van der Waals surface area (Å²) in [7, 11) is 1.34. The minimum Gasteiger partial charge on any atom is -0.340 e. The molecule has 21 heavy (non-hydrogen) atoms. The van der Waals surface area contributed by atoms with Gasteiger partial charge < -0.3 is 4.90 Å². The van der Waals surface area contributed by atoms with Crippen LogP contribution in [-0.4, -0.2) is 7.05 Å². The van der Waals surface area contributed by atoms with E-state index in [1.807, 2.05) is 0 Å².